The van der Waals surface area contributed by atoms with Crippen molar-refractivity contribution in [2.75, 3.05) is 13.2 Å². The Balaban J connectivity index is 1.64. The number of rotatable bonds is 3. The molecule has 1 aliphatic carbocycles. The monoisotopic (exact) mass is 247 g/mol. The summed E-state index contributed by atoms with van der Waals surface area (Å²) in [7, 11) is 0. The van der Waals surface area contributed by atoms with Crippen LogP contribution in [0.4, 0.5) is 0 Å². The zero-order valence-electron chi connectivity index (χ0n) is 10.7. The van der Waals surface area contributed by atoms with Crippen LogP contribution in [0.15, 0.2) is 24.3 Å². The summed E-state index contributed by atoms with van der Waals surface area (Å²) < 4.78 is 11.8. The van der Waals surface area contributed by atoms with E-state index in [1.165, 1.54) is 17.5 Å². The Labute approximate surface area is 108 Å². The molecule has 3 unspecified atom stereocenters. The molecule has 0 bridgehead atoms. The second-order valence-electron chi connectivity index (χ2n) is 5.27. The van der Waals surface area contributed by atoms with Gasteiger partial charge in [0.2, 0.25) is 0 Å². The molecule has 18 heavy (non-hydrogen) atoms. The minimum atomic E-state index is 0.0859. The van der Waals surface area contributed by atoms with Crippen LogP contribution in [0.3, 0.4) is 0 Å². The van der Waals surface area contributed by atoms with Crippen LogP contribution in [0, 0.1) is 0 Å². The Morgan fingerprint density at radius 1 is 1.28 bits per heavy atom. The summed E-state index contributed by atoms with van der Waals surface area (Å²) in [5, 5.41) is 0. The first kappa shape index (κ1) is 12.2. The van der Waals surface area contributed by atoms with Crippen molar-refractivity contribution in [1.29, 1.82) is 0 Å². The molecule has 1 heterocycles. The molecule has 0 aromatic heterocycles. The summed E-state index contributed by atoms with van der Waals surface area (Å²) in [6, 6.07) is 8.71. The fourth-order valence-corrected chi connectivity index (χ4v) is 2.99. The maximum atomic E-state index is 6.02. The highest BCUT2D eigenvalue weighted by Gasteiger charge is 2.27. The lowest BCUT2D eigenvalue weighted by Crippen LogP contribution is -2.33. The van der Waals surface area contributed by atoms with E-state index < -0.39 is 0 Å². The van der Waals surface area contributed by atoms with Crippen molar-refractivity contribution in [3.63, 3.8) is 0 Å². The van der Waals surface area contributed by atoms with Gasteiger partial charge in [0.15, 0.2) is 0 Å². The number of benzene rings is 1. The van der Waals surface area contributed by atoms with E-state index in [0.29, 0.717) is 6.61 Å². The fourth-order valence-electron chi connectivity index (χ4n) is 2.99. The number of ether oxygens (including phenoxy) is 2. The molecule has 0 radical (unpaired) electrons. The predicted molar refractivity (Wildman–Crippen MR) is 70.4 cm³/mol. The molecule has 3 rings (SSSR count). The van der Waals surface area contributed by atoms with Crippen LogP contribution < -0.4 is 5.73 Å². The lowest BCUT2D eigenvalue weighted by atomic mass is 9.98. The normalized spacial score (nSPS) is 31.3. The standard InChI is InChI=1S/C15H21NO2/c16-13-6-3-7-14(13)18-10-15-12-5-2-1-4-11(12)8-9-17-15/h1-2,4-5,13-15H,3,6-10,16H2. The highest BCUT2D eigenvalue weighted by molar-refractivity contribution is 5.30. The molecule has 2 aliphatic rings. The summed E-state index contributed by atoms with van der Waals surface area (Å²) in [5.74, 6) is 0. The molecule has 3 atom stereocenters. The second-order valence-corrected chi connectivity index (χ2v) is 5.27. The molecule has 1 saturated carbocycles. The van der Waals surface area contributed by atoms with E-state index in [1.54, 1.807) is 0 Å². The van der Waals surface area contributed by atoms with Gasteiger partial charge in [0, 0.05) is 6.04 Å². The first-order valence-electron chi connectivity index (χ1n) is 6.91. The van der Waals surface area contributed by atoms with Crippen molar-refractivity contribution >= 4 is 0 Å². The van der Waals surface area contributed by atoms with E-state index in [1.807, 2.05) is 0 Å². The quantitative estimate of drug-likeness (QED) is 0.890. The van der Waals surface area contributed by atoms with Crippen LogP contribution in [0.2, 0.25) is 0 Å². The lowest BCUT2D eigenvalue weighted by Gasteiger charge is -2.27. The van der Waals surface area contributed by atoms with Gasteiger partial charge in [0.1, 0.15) is 6.10 Å². The Hall–Kier alpha value is -0.900. The summed E-state index contributed by atoms with van der Waals surface area (Å²) in [4.78, 5) is 0. The van der Waals surface area contributed by atoms with E-state index in [0.717, 1.165) is 25.9 Å². The van der Waals surface area contributed by atoms with E-state index in [4.69, 9.17) is 15.2 Å². The predicted octanol–water partition coefficient (Wildman–Crippen LogP) is 2.20. The van der Waals surface area contributed by atoms with Crippen molar-refractivity contribution in [3.05, 3.63) is 35.4 Å². The molecule has 1 aromatic carbocycles. The molecular formula is C15H21NO2. The van der Waals surface area contributed by atoms with Crippen LogP contribution in [-0.2, 0) is 15.9 Å². The van der Waals surface area contributed by atoms with Crippen LogP contribution in [-0.4, -0.2) is 25.4 Å². The van der Waals surface area contributed by atoms with Gasteiger partial charge < -0.3 is 15.2 Å². The summed E-state index contributed by atoms with van der Waals surface area (Å²) in [6.45, 7) is 1.43. The van der Waals surface area contributed by atoms with Crippen LogP contribution in [0.25, 0.3) is 0 Å². The molecule has 0 amide bonds. The SMILES string of the molecule is NC1CCCC1OCC1OCCc2ccccc21. The highest BCUT2D eigenvalue weighted by Crippen LogP contribution is 2.29. The summed E-state index contributed by atoms with van der Waals surface area (Å²) in [5.41, 5.74) is 8.71. The number of hydrogen-bond donors (Lipinski definition) is 1. The van der Waals surface area contributed by atoms with Gasteiger partial charge in [-0.05, 0) is 36.8 Å². The number of nitrogens with two attached hydrogens (primary N) is 1. The smallest absolute Gasteiger partial charge is 0.106 e. The largest absolute Gasteiger partial charge is 0.374 e. The Kier molecular flexibility index (Phi) is 3.64. The Morgan fingerprint density at radius 2 is 2.17 bits per heavy atom. The van der Waals surface area contributed by atoms with Gasteiger partial charge >= 0.3 is 0 Å². The maximum absolute atomic E-state index is 6.02. The second kappa shape index (κ2) is 5.39. The van der Waals surface area contributed by atoms with E-state index in [2.05, 4.69) is 24.3 Å². The molecule has 0 spiro atoms. The molecule has 2 N–H and O–H groups in total. The van der Waals surface area contributed by atoms with E-state index in [-0.39, 0.29) is 18.2 Å². The molecule has 98 valence electrons. The van der Waals surface area contributed by atoms with Crippen molar-refractivity contribution in [2.45, 2.75) is 43.9 Å². The Bertz CT molecular complexity index is 407. The third-order valence-electron chi connectivity index (χ3n) is 4.06. The Morgan fingerprint density at radius 3 is 3.00 bits per heavy atom. The van der Waals surface area contributed by atoms with Crippen molar-refractivity contribution in [2.24, 2.45) is 5.73 Å². The number of fused-ring (bicyclic) bond motifs is 1. The van der Waals surface area contributed by atoms with Gasteiger partial charge in [-0.25, -0.2) is 0 Å². The van der Waals surface area contributed by atoms with Gasteiger partial charge in [0.05, 0.1) is 19.3 Å². The zero-order chi connectivity index (χ0) is 12.4. The third kappa shape index (κ3) is 2.44. The van der Waals surface area contributed by atoms with Gasteiger partial charge in [-0.2, -0.15) is 0 Å². The third-order valence-corrected chi connectivity index (χ3v) is 4.06. The highest BCUT2D eigenvalue weighted by atomic mass is 16.5. The molecule has 1 fully saturated rings. The molecular weight excluding hydrogens is 226 g/mol. The molecule has 3 nitrogen and oxygen atoms in total. The maximum Gasteiger partial charge on any atom is 0.106 e. The van der Waals surface area contributed by atoms with Gasteiger partial charge in [-0.3, -0.25) is 0 Å². The fraction of sp³-hybridized carbons (Fsp3) is 0.600. The minimum absolute atomic E-state index is 0.0859. The average Bonchev–Trinajstić information content (AvgIpc) is 2.82. The molecule has 1 aliphatic heterocycles. The average molecular weight is 247 g/mol. The first-order valence-corrected chi connectivity index (χ1v) is 6.91. The van der Waals surface area contributed by atoms with Gasteiger partial charge in [-0.15, -0.1) is 0 Å². The lowest BCUT2D eigenvalue weighted by molar-refractivity contribution is -0.0528. The van der Waals surface area contributed by atoms with Gasteiger partial charge in [0.25, 0.3) is 0 Å². The topological polar surface area (TPSA) is 44.5 Å². The molecule has 1 aromatic rings. The van der Waals surface area contributed by atoms with Crippen LogP contribution >= 0.6 is 0 Å². The van der Waals surface area contributed by atoms with Crippen molar-refractivity contribution in [3.8, 4) is 0 Å². The van der Waals surface area contributed by atoms with Crippen LogP contribution in [0.1, 0.15) is 36.5 Å². The van der Waals surface area contributed by atoms with Crippen molar-refractivity contribution in [1.82, 2.24) is 0 Å². The number of hydrogen-bond acceptors (Lipinski definition) is 3. The first-order chi connectivity index (χ1) is 8.84. The summed E-state index contributed by atoms with van der Waals surface area (Å²) in [6.07, 6.45) is 4.69. The van der Waals surface area contributed by atoms with Crippen molar-refractivity contribution < 1.29 is 9.47 Å². The minimum Gasteiger partial charge on any atom is -0.374 e. The zero-order valence-corrected chi connectivity index (χ0v) is 10.7. The molecule has 0 saturated heterocycles. The molecule has 3 heteroatoms. The van der Waals surface area contributed by atoms with Gasteiger partial charge in [-0.1, -0.05) is 24.3 Å². The van der Waals surface area contributed by atoms with E-state index in [9.17, 15) is 0 Å². The van der Waals surface area contributed by atoms with Crippen LogP contribution in [0.5, 0.6) is 0 Å². The summed E-state index contributed by atoms with van der Waals surface area (Å²) >= 11 is 0. The van der Waals surface area contributed by atoms with E-state index >= 15 is 0 Å².